The van der Waals surface area contributed by atoms with Crippen molar-refractivity contribution in [1.82, 2.24) is 9.97 Å². The summed E-state index contributed by atoms with van der Waals surface area (Å²) in [6, 6.07) is 6.03. The summed E-state index contributed by atoms with van der Waals surface area (Å²) in [5.74, 6) is 0. The molecule has 86 valence electrons. The van der Waals surface area contributed by atoms with Gasteiger partial charge in [0.1, 0.15) is 0 Å². The van der Waals surface area contributed by atoms with Crippen LogP contribution in [0, 0.1) is 0 Å². The number of thioether (sulfide) groups is 1. The van der Waals surface area contributed by atoms with Gasteiger partial charge in [0.15, 0.2) is 5.16 Å². The molecule has 0 bridgehead atoms. The molecule has 1 aromatic heterocycles. The second-order valence-corrected chi connectivity index (χ2v) is 5.24. The lowest BCUT2D eigenvalue weighted by Gasteiger charge is -2.18. The number of rotatable bonds is 1. The van der Waals surface area contributed by atoms with Crippen molar-refractivity contribution in [3.63, 3.8) is 0 Å². The number of aryl methyl sites for hydroxylation is 2. The smallest absolute Gasteiger partial charge is 0.187 e. The van der Waals surface area contributed by atoms with Crippen molar-refractivity contribution in [2.75, 3.05) is 6.26 Å². The Balaban J connectivity index is 2.20. The number of benzene rings is 1. The van der Waals surface area contributed by atoms with Crippen molar-refractivity contribution in [1.29, 1.82) is 0 Å². The molecule has 3 rings (SSSR count). The van der Waals surface area contributed by atoms with E-state index in [9.17, 15) is 0 Å². The zero-order chi connectivity index (χ0) is 11.8. The number of aromatic nitrogens is 2. The molecule has 1 aromatic carbocycles. The van der Waals surface area contributed by atoms with E-state index in [0.717, 1.165) is 28.7 Å². The third-order valence-electron chi connectivity index (χ3n) is 3.01. The average molecular weight is 263 g/mol. The summed E-state index contributed by atoms with van der Waals surface area (Å²) in [5, 5.41) is 1.62. The van der Waals surface area contributed by atoms with Crippen LogP contribution in [0.15, 0.2) is 29.6 Å². The normalized spacial score (nSPS) is 13.1. The molecule has 0 atom stereocenters. The summed E-state index contributed by atoms with van der Waals surface area (Å²) in [6.07, 6.45) is 5.96. The standard InChI is InChI=1S/C13H11ClN2S/c1-17-13-15-7-9-3-2-8-6-10(14)4-5-11(8)12(9)16-13/h4-7H,2-3H2,1H3. The Labute approximate surface area is 109 Å². The first-order valence-corrected chi connectivity index (χ1v) is 7.07. The average Bonchev–Trinajstić information content (AvgIpc) is 2.37. The van der Waals surface area contributed by atoms with Gasteiger partial charge in [-0.1, -0.05) is 29.4 Å². The summed E-state index contributed by atoms with van der Waals surface area (Å²) in [7, 11) is 0. The van der Waals surface area contributed by atoms with E-state index in [1.165, 1.54) is 16.7 Å². The van der Waals surface area contributed by atoms with E-state index in [0.29, 0.717) is 0 Å². The minimum Gasteiger partial charge on any atom is -0.231 e. The molecule has 1 aliphatic carbocycles. The van der Waals surface area contributed by atoms with Gasteiger partial charge in [-0.05, 0) is 42.4 Å². The van der Waals surface area contributed by atoms with E-state index in [1.54, 1.807) is 11.8 Å². The quantitative estimate of drug-likeness (QED) is 0.580. The molecule has 0 aliphatic heterocycles. The van der Waals surface area contributed by atoms with Gasteiger partial charge in [-0.25, -0.2) is 9.97 Å². The van der Waals surface area contributed by atoms with Gasteiger partial charge in [0.25, 0.3) is 0 Å². The zero-order valence-electron chi connectivity index (χ0n) is 9.40. The van der Waals surface area contributed by atoms with Crippen molar-refractivity contribution >= 4 is 23.4 Å². The number of hydrogen-bond donors (Lipinski definition) is 0. The lowest BCUT2D eigenvalue weighted by molar-refractivity contribution is 0.869. The lowest BCUT2D eigenvalue weighted by Crippen LogP contribution is -2.07. The molecule has 1 heterocycles. The lowest BCUT2D eigenvalue weighted by atomic mass is 9.90. The fourth-order valence-corrected chi connectivity index (χ4v) is 2.71. The van der Waals surface area contributed by atoms with Crippen LogP contribution >= 0.6 is 23.4 Å². The fraction of sp³-hybridized carbons (Fsp3) is 0.231. The van der Waals surface area contributed by atoms with Crippen LogP contribution < -0.4 is 0 Å². The predicted octanol–water partition coefficient (Wildman–Crippen LogP) is 3.62. The minimum absolute atomic E-state index is 0.798. The van der Waals surface area contributed by atoms with Crippen molar-refractivity contribution in [2.45, 2.75) is 18.0 Å². The van der Waals surface area contributed by atoms with Crippen LogP contribution in [0.25, 0.3) is 11.3 Å². The van der Waals surface area contributed by atoms with Crippen LogP contribution in [0.2, 0.25) is 5.02 Å². The monoisotopic (exact) mass is 262 g/mol. The van der Waals surface area contributed by atoms with E-state index in [4.69, 9.17) is 11.6 Å². The number of halogens is 1. The van der Waals surface area contributed by atoms with Gasteiger partial charge in [-0.3, -0.25) is 0 Å². The van der Waals surface area contributed by atoms with Gasteiger partial charge >= 0.3 is 0 Å². The number of hydrogen-bond acceptors (Lipinski definition) is 3. The first kappa shape index (κ1) is 11.1. The van der Waals surface area contributed by atoms with E-state index in [-0.39, 0.29) is 0 Å². The fourth-order valence-electron chi connectivity index (χ4n) is 2.17. The Kier molecular flexibility index (Phi) is 2.81. The molecule has 4 heteroatoms. The highest BCUT2D eigenvalue weighted by Gasteiger charge is 2.18. The molecule has 0 N–H and O–H groups in total. The molecule has 2 aromatic rings. The van der Waals surface area contributed by atoms with Crippen LogP contribution in [0.4, 0.5) is 0 Å². The molecule has 0 unspecified atom stereocenters. The van der Waals surface area contributed by atoms with Crippen LogP contribution in [0.5, 0.6) is 0 Å². The van der Waals surface area contributed by atoms with Gasteiger partial charge in [-0.2, -0.15) is 0 Å². The van der Waals surface area contributed by atoms with Crippen LogP contribution in [-0.2, 0) is 12.8 Å². The Bertz CT molecular complexity index is 584. The van der Waals surface area contributed by atoms with Gasteiger partial charge in [0.2, 0.25) is 0 Å². The molecular formula is C13H11ClN2S. The molecule has 2 nitrogen and oxygen atoms in total. The van der Waals surface area contributed by atoms with Crippen LogP contribution in [-0.4, -0.2) is 16.2 Å². The molecule has 17 heavy (non-hydrogen) atoms. The summed E-state index contributed by atoms with van der Waals surface area (Å²) in [5.41, 5.74) is 4.80. The second kappa shape index (κ2) is 4.31. The number of nitrogens with zero attached hydrogens (tertiary/aromatic N) is 2. The minimum atomic E-state index is 0.798. The summed E-state index contributed by atoms with van der Waals surface area (Å²) in [4.78, 5) is 8.94. The molecule has 0 saturated carbocycles. The molecule has 0 spiro atoms. The first-order chi connectivity index (χ1) is 8.28. The van der Waals surface area contributed by atoms with Crippen LogP contribution in [0.1, 0.15) is 11.1 Å². The van der Waals surface area contributed by atoms with Gasteiger partial charge in [0.05, 0.1) is 5.69 Å². The second-order valence-electron chi connectivity index (χ2n) is 4.03. The van der Waals surface area contributed by atoms with E-state index in [1.807, 2.05) is 24.6 Å². The Morgan fingerprint density at radius 1 is 1.24 bits per heavy atom. The molecular weight excluding hydrogens is 252 g/mol. The van der Waals surface area contributed by atoms with Gasteiger partial charge < -0.3 is 0 Å². The van der Waals surface area contributed by atoms with Gasteiger partial charge in [-0.15, -0.1) is 0 Å². The molecule has 0 fully saturated rings. The highest BCUT2D eigenvalue weighted by Crippen LogP contribution is 2.33. The Morgan fingerprint density at radius 2 is 2.06 bits per heavy atom. The maximum absolute atomic E-state index is 6.03. The largest absolute Gasteiger partial charge is 0.231 e. The highest BCUT2D eigenvalue weighted by molar-refractivity contribution is 7.98. The van der Waals surface area contributed by atoms with Crippen molar-refractivity contribution < 1.29 is 0 Å². The zero-order valence-corrected chi connectivity index (χ0v) is 11.0. The topological polar surface area (TPSA) is 25.8 Å². The summed E-state index contributed by atoms with van der Waals surface area (Å²) >= 11 is 7.60. The van der Waals surface area contributed by atoms with Crippen LogP contribution in [0.3, 0.4) is 0 Å². The predicted molar refractivity (Wildman–Crippen MR) is 71.7 cm³/mol. The third kappa shape index (κ3) is 1.94. The molecule has 0 radical (unpaired) electrons. The van der Waals surface area contributed by atoms with Crippen molar-refractivity contribution in [3.05, 3.63) is 40.5 Å². The summed E-state index contributed by atoms with van der Waals surface area (Å²) < 4.78 is 0. The third-order valence-corrected chi connectivity index (χ3v) is 3.81. The Morgan fingerprint density at radius 3 is 2.88 bits per heavy atom. The number of fused-ring (bicyclic) bond motifs is 3. The van der Waals surface area contributed by atoms with Crippen molar-refractivity contribution in [3.8, 4) is 11.3 Å². The maximum Gasteiger partial charge on any atom is 0.187 e. The summed E-state index contributed by atoms with van der Waals surface area (Å²) in [6.45, 7) is 0. The first-order valence-electron chi connectivity index (χ1n) is 5.46. The Hall–Kier alpha value is -1.06. The molecule has 0 saturated heterocycles. The van der Waals surface area contributed by atoms with Gasteiger partial charge in [0, 0.05) is 16.8 Å². The highest BCUT2D eigenvalue weighted by atomic mass is 35.5. The SMILES string of the molecule is CSc1ncc2c(n1)-c1ccc(Cl)cc1CC2. The van der Waals surface area contributed by atoms with E-state index < -0.39 is 0 Å². The van der Waals surface area contributed by atoms with Crippen molar-refractivity contribution in [2.24, 2.45) is 0 Å². The van der Waals surface area contributed by atoms with E-state index in [2.05, 4.69) is 16.0 Å². The van der Waals surface area contributed by atoms with E-state index >= 15 is 0 Å². The molecule has 1 aliphatic rings. The maximum atomic E-state index is 6.03. The molecule has 0 amide bonds.